The average molecular weight is 780 g/mol. The van der Waals surface area contributed by atoms with Crippen LogP contribution < -0.4 is 31.9 Å². The van der Waals surface area contributed by atoms with Gasteiger partial charge in [0.2, 0.25) is 0 Å². The van der Waals surface area contributed by atoms with Gasteiger partial charge in [-0.15, -0.1) is 23.2 Å². The number of rotatable bonds is 15. The predicted molar refractivity (Wildman–Crippen MR) is 199 cm³/mol. The molecule has 0 spiro atoms. The molecule has 0 aliphatic carbocycles. The van der Waals surface area contributed by atoms with Gasteiger partial charge < -0.3 is 46.9 Å². The third-order valence-electron chi connectivity index (χ3n) is 8.42. The van der Waals surface area contributed by atoms with Crippen LogP contribution in [0.5, 0.6) is 0 Å². The van der Waals surface area contributed by atoms with Crippen molar-refractivity contribution in [2.24, 2.45) is 5.73 Å². The van der Waals surface area contributed by atoms with Gasteiger partial charge in [0.05, 0.1) is 34.1 Å². The Kier molecular flexibility index (Phi) is 12.9. The second kappa shape index (κ2) is 16.9. The maximum absolute atomic E-state index is 14.2. The fourth-order valence-corrected chi connectivity index (χ4v) is 6.04. The lowest BCUT2D eigenvalue weighted by Crippen LogP contribution is -2.31. The number of H-pyrrole nitrogens is 3. The molecule has 14 nitrogen and oxygen atoms in total. The van der Waals surface area contributed by atoms with Gasteiger partial charge in [-0.05, 0) is 45.4 Å². The van der Waals surface area contributed by atoms with Crippen LogP contribution in [-0.4, -0.2) is 75.8 Å². The van der Waals surface area contributed by atoms with E-state index in [4.69, 9.17) is 34.3 Å². The summed E-state index contributed by atoms with van der Waals surface area (Å²) in [6, 6.07) is 2.12. The first-order valence-corrected chi connectivity index (χ1v) is 17.2. The maximum Gasteiger partial charge on any atom is 0.418 e. The van der Waals surface area contributed by atoms with E-state index in [9.17, 15) is 32.3 Å². The van der Waals surface area contributed by atoms with Crippen molar-refractivity contribution in [3.63, 3.8) is 0 Å². The molecule has 4 amide bonds. The van der Waals surface area contributed by atoms with Crippen molar-refractivity contribution in [1.29, 1.82) is 5.41 Å². The Labute approximate surface area is 312 Å². The highest BCUT2D eigenvalue weighted by Gasteiger charge is 2.37. The van der Waals surface area contributed by atoms with E-state index in [1.165, 1.54) is 36.5 Å². The smallest absolute Gasteiger partial charge is 0.388 e. The van der Waals surface area contributed by atoms with Crippen LogP contribution in [0, 0.1) is 33.1 Å². The zero-order valence-electron chi connectivity index (χ0n) is 29.2. The molecule has 3 aromatic heterocycles. The van der Waals surface area contributed by atoms with Crippen LogP contribution in [-0.2, 0) is 6.18 Å². The number of aryl methyl sites for hydroxylation is 1. The number of anilines is 4. The van der Waals surface area contributed by atoms with Gasteiger partial charge in [0.15, 0.2) is 0 Å². The minimum atomic E-state index is -4.78. The summed E-state index contributed by atoms with van der Waals surface area (Å²) in [6.07, 6.45) is -0.357. The topological polar surface area (TPSA) is 217 Å². The van der Waals surface area contributed by atoms with Gasteiger partial charge in [-0.2, -0.15) is 13.2 Å². The summed E-state index contributed by atoms with van der Waals surface area (Å²) in [5, 5.41) is 17.9. The van der Waals surface area contributed by atoms with Gasteiger partial charge in [-0.25, -0.2) is 0 Å². The van der Waals surface area contributed by atoms with Crippen LogP contribution in [0.2, 0.25) is 0 Å². The van der Waals surface area contributed by atoms with E-state index >= 15 is 0 Å². The van der Waals surface area contributed by atoms with Crippen molar-refractivity contribution in [3.8, 4) is 0 Å². The highest BCUT2D eigenvalue weighted by atomic mass is 35.5. The van der Waals surface area contributed by atoms with Gasteiger partial charge in [-0.1, -0.05) is 0 Å². The standard InChI is InChI=1S/C34H39Cl2F3N10O4/c1-16-11-20(12-21(34(37,38)39)29(16)49(9-6-35)10-7-36)30(50)46-22-13-44-27(18(22)3)32(52)48-24-15-45-28(19(24)4)33(53)47-23-14-43-26(17(23)2)31(51)42-8-5-25(40)41/h11-15,43-45H,5-10H2,1-4H3,(H3,40,41)(H,42,51)(H,46,50)(H,47,53)(H,48,52). The number of halogens is 5. The Balaban J connectivity index is 1.46. The van der Waals surface area contributed by atoms with Crippen molar-refractivity contribution < 1.29 is 32.3 Å². The van der Waals surface area contributed by atoms with Gasteiger partial charge in [0, 0.05) is 78.7 Å². The van der Waals surface area contributed by atoms with Crippen LogP contribution in [0.4, 0.5) is 35.9 Å². The number of carbonyl (C=O) groups is 4. The monoisotopic (exact) mass is 778 g/mol. The molecule has 4 rings (SSSR count). The molecule has 53 heavy (non-hydrogen) atoms. The molecule has 0 saturated heterocycles. The molecule has 0 aliphatic rings. The quantitative estimate of drug-likeness (QED) is 0.0399. The molecule has 0 radical (unpaired) electrons. The summed E-state index contributed by atoms with van der Waals surface area (Å²) in [4.78, 5) is 62.0. The number of carbonyl (C=O) groups excluding carboxylic acids is 4. The number of nitrogens with zero attached hydrogens (tertiary/aromatic N) is 1. The van der Waals surface area contributed by atoms with E-state index in [1.54, 1.807) is 20.8 Å². The van der Waals surface area contributed by atoms with Gasteiger partial charge in [0.1, 0.15) is 17.1 Å². The van der Waals surface area contributed by atoms with Crippen LogP contribution >= 0.6 is 23.2 Å². The summed E-state index contributed by atoms with van der Waals surface area (Å²) in [5.41, 5.74) is 6.58. The Hall–Kier alpha value is -5.42. The molecule has 1 aromatic carbocycles. The minimum Gasteiger partial charge on any atom is -0.388 e. The van der Waals surface area contributed by atoms with Crippen molar-refractivity contribution in [2.75, 3.05) is 52.2 Å². The van der Waals surface area contributed by atoms with E-state index in [0.717, 1.165) is 6.07 Å². The SMILES string of the molecule is Cc1cc(C(=O)Nc2c[nH]c(C(=O)Nc3c[nH]c(C(=O)Nc4c[nH]c(C(=O)NCCC(=N)N)c4C)c3C)c2C)cc(C(F)(F)F)c1N(CCCl)CCCl. The molecule has 19 heteroatoms. The summed E-state index contributed by atoms with van der Waals surface area (Å²) in [7, 11) is 0. The van der Waals surface area contributed by atoms with Gasteiger partial charge in [-0.3, -0.25) is 24.6 Å². The van der Waals surface area contributed by atoms with Crippen LogP contribution in [0.15, 0.2) is 30.7 Å². The Morgan fingerprint density at radius 3 is 1.60 bits per heavy atom. The summed E-state index contributed by atoms with van der Waals surface area (Å²) < 4.78 is 42.7. The molecule has 0 aliphatic heterocycles. The number of nitrogens with two attached hydrogens (primary N) is 1. The third kappa shape index (κ3) is 9.34. The third-order valence-corrected chi connectivity index (χ3v) is 8.76. The number of amidine groups is 1. The highest BCUT2D eigenvalue weighted by molar-refractivity contribution is 6.18. The zero-order valence-corrected chi connectivity index (χ0v) is 30.7. The molecule has 0 saturated carbocycles. The largest absolute Gasteiger partial charge is 0.418 e. The molecule has 284 valence electrons. The molecule has 0 bridgehead atoms. The Morgan fingerprint density at radius 1 is 0.755 bits per heavy atom. The number of amides is 4. The summed E-state index contributed by atoms with van der Waals surface area (Å²) in [5.74, 6) is -2.33. The van der Waals surface area contributed by atoms with Gasteiger partial charge in [0.25, 0.3) is 23.6 Å². The van der Waals surface area contributed by atoms with E-state index < -0.39 is 35.4 Å². The Morgan fingerprint density at radius 2 is 1.19 bits per heavy atom. The lowest BCUT2D eigenvalue weighted by molar-refractivity contribution is -0.137. The normalized spacial score (nSPS) is 11.3. The van der Waals surface area contributed by atoms with E-state index in [0.29, 0.717) is 22.4 Å². The molecule has 4 aromatic rings. The first kappa shape index (κ1) is 40.4. The predicted octanol–water partition coefficient (Wildman–Crippen LogP) is 6.02. The first-order valence-electron chi connectivity index (χ1n) is 16.2. The lowest BCUT2D eigenvalue weighted by atomic mass is 10.0. The number of hydrogen-bond donors (Lipinski definition) is 9. The zero-order chi connectivity index (χ0) is 39.2. The molecule has 10 N–H and O–H groups in total. The second-order valence-corrected chi connectivity index (χ2v) is 12.8. The molecule has 3 heterocycles. The Bertz CT molecular complexity index is 2030. The van der Waals surface area contributed by atoms with Crippen LogP contribution in [0.3, 0.4) is 0 Å². The van der Waals surface area contributed by atoms with E-state index in [1.807, 2.05) is 0 Å². The number of aromatic amines is 3. The molecule has 0 unspecified atom stereocenters. The minimum absolute atomic E-state index is 0.0595. The first-order chi connectivity index (χ1) is 25.0. The van der Waals surface area contributed by atoms with Crippen molar-refractivity contribution in [1.82, 2.24) is 20.3 Å². The fourth-order valence-electron chi connectivity index (χ4n) is 5.63. The van der Waals surface area contributed by atoms with Crippen molar-refractivity contribution in [2.45, 2.75) is 40.3 Å². The summed E-state index contributed by atoms with van der Waals surface area (Å²) >= 11 is 11.7. The van der Waals surface area contributed by atoms with Crippen molar-refractivity contribution >= 4 is 75.4 Å². The van der Waals surface area contributed by atoms with Gasteiger partial charge >= 0.3 is 6.18 Å². The number of alkyl halides is 5. The number of hydrogen-bond acceptors (Lipinski definition) is 6. The number of aromatic nitrogens is 3. The molecular weight excluding hydrogens is 740 g/mol. The fraction of sp³-hybridized carbons (Fsp3) is 0.324. The lowest BCUT2D eigenvalue weighted by Gasteiger charge is -2.28. The highest BCUT2D eigenvalue weighted by Crippen LogP contribution is 2.40. The molecule has 0 fully saturated rings. The van der Waals surface area contributed by atoms with Crippen molar-refractivity contribution in [3.05, 3.63) is 81.2 Å². The second-order valence-electron chi connectivity index (χ2n) is 12.1. The summed E-state index contributed by atoms with van der Waals surface area (Å²) in [6.45, 7) is 6.69. The molecule has 0 atom stereocenters. The number of benzene rings is 1. The maximum atomic E-state index is 14.2. The van der Waals surface area contributed by atoms with E-state index in [-0.39, 0.29) is 88.9 Å². The molecular formula is C34H39Cl2F3N10O4. The van der Waals surface area contributed by atoms with Crippen LogP contribution in [0.1, 0.15) is 76.1 Å². The van der Waals surface area contributed by atoms with E-state index in [2.05, 4.69) is 36.2 Å². The number of nitrogens with one attached hydrogen (secondary N) is 8. The van der Waals surface area contributed by atoms with Crippen LogP contribution in [0.25, 0.3) is 0 Å². The average Bonchev–Trinajstić information content (AvgIpc) is 3.75.